The molecule has 1 atom stereocenters. The van der Waals surface area contributed by atoms with Crippen molar-refractivity contribution in [1.29, 1.82) is 0 Å². The molecule has 6 aromatic rings. The molecule has 1 amide bonds. The van der Waals surface area contributed by atoms with Gasteiger partial charge in [-0.15, -0.1) is 5.10 Å². The van der Waals surface area contributed by atoms with Crippen LogP contribution in [0.15, 0.2) is 88.6 Å². The van der Waals surface area contributed by atoms with Gasteiger partial charge in [-0.2, -0.15) is 5.10 Å². The van der Waals surface area contributed by atoms with Crippen molar-refractivity contribution in [2.75, 3.05) is 5.73 Å². The molecule has 0 saturated carbocycles. The maximum absolute atomic E-state index is 14.2. The molecule has 0 bridgehead atoms. The monoisotopic (exact) mass is 531 g/mol. The zero-order chi connectivity index (χ0) is 27.8. The minimum absolute atomic E-state index is 0.0525. The maximum atomic E-state index is 14.2. The van der Waals surface area contributed by atoms with Crippen LogP contribution >= 0.6 is 0 Å². The lowest BCUT2D eigenvalue weighted by atomic mass is 9.97. The number of nitrogen functional groups attached to an aromatic ring is 1. The van der Waals surface area contributed by atoms with Crippen LogP contribution in [-0.4, -0.2) is 30.3 Å². The molecule has 10 heteroatoms. The van der Waals surface area contributed by atoms with E-state index in [9.17, 15) is 9.59 Å². The number of aromatic nitrogens is 5. The van der Waals surface area contributed by atoms with E-state index < -0.39 is 11.9 Å². The van der Waals surface area contributed by atoms with Gasteiger partial charge in [-0.25, -0.2) is 9.50 Å². The molecule has 10 nitrogen and oxygen atoms in total. The summed E-state index contributed by atoms with van der Waals surface area (Å²) >= 11 is 0. The molecule has 4 aromatic heterocycles. The second-order valence-corrected chi connectivity index (χ2v) is 9.38. The Labute approximate surface area is 228 Å². The van der Waals surface area contributed by atoms with E-state index in [-0.39, 0.29) is 16.8 Å². The van der Waals surface area contributed by atoms with E-state index in [1.54, 1.807) is 42.3 Å². The Hall–Kier alpha value is -5.51. The van der Waals surface area contributed by atoms with Crippen LogP contribution in [0.1, 0.15) is 40.2 Å². The smallest absolute Gasteiger partial charge is 0.259 e. The first-order chi connectivity index (χ1) is 19.4. The number of rotatable bonds is 6. The number of anilines is 1. The molecular formula is C30H25N7O3. The van der Waals surface area contributed by atoms with E-state index in [2.05, 4.69) is 20.5 Å². The van der Waals surface area contributed by atoms with Crippen LogP contribution in [0.3, 0.4) is 0 Å². The Morgan fingerprint density at radius 1 is 1.10 bits per heavy atom. The zero-order valence-electron chi connectivity index (χ0n) is 21.8. The molecular weight excluding hydrogens is 506 g/mol. The number of nitrogens with two attached hydrogens (primary N) is 1. The Bertz CT molecular complexity index is 1970. The first kappa shape index (κ1) is 24.8. The number of hydrogen-bond donors (Lipinski definition) is 2. The maximum Gasteiger partial charge on any atom is 0.259 e. The number of fused-ring (bicyclic) bond motifs is 2. The summed E-state index contributed by atoms with van der Waals surface area (Å²) < 4.78 is 9.55. The molecule has 3 N–H and O–H groups in total. The fraction of sp³-hybridized carbons (Fsp3) is 0.100. The molecule has 0 spiro atoms. The Kier molecular flexibility index (Phi) is 6.19. The van der Waals surface area contributed by atoms with Gasteiger partial charge in [0.25, 0.3) is 5.91 Å². The third-order valence-corrected chi connectivity index (χ3v) is 6.61. The highest BCUT2D eigenvalue weighted by atomic mass is 16.3. The van der Waals surface area contributed by atoms with Crippen molar-refractivity contribution < 1.29 is 9.21 Å². The third-order valence-electron chi connectivity index (χ3n) is 6.61. The largest absolute Gasteiger partial charge is 0.458 e. The molecule has 1 unspecified atom stereocenters. The predicted octanol–water partition coefficient (Wildman–Crippen LogP) is 4.48. The molecule has 0 aliphatic rings. The lowest BCUT2D eigenvalue weighted by molar-refractivity contribution is 0.0938. The van der Waals surface area contributed by atoms with E-state index in [4.69, 9.17) is 10.2 Å². The van der Waals surface area contributed by atoms with Gasteiger partial charge in [0.05, 0.1) is 23.2 Å². The summed E-state index contributed by atoms with van der Waals surface area (Å²) in [4.78, 5) is 31.8. The molecule has 0 saturated heterocycles. The highest BCUT2D eigenvalue weighted by Gasteiger charge is 2.26. The van der Waals surface area contributed by atoms with Crippen molar-refractivity contribution in [1.82, 2.24) is 29.7 Å². The van der Waals surface area contributed by atoms with Crippen LogP contribution in [0.4, 0.5) is 5.82 Å². The standard InChI is InChI=1S/C30H25N7O3/c1-18(34-30(39)25-28(31)35-37-15-7-14-32-29(25)37)27-24(20-8-4-3-5-9-20)26(38)23-21(10-6-11-22(23)40-27)13-12-19-16-33-36(2)17-19/h3-18H,1-2H3,(H2,31,35)(H,34,39)/b13-12-. The fourth-order valence-electron chi connectivity index (χ4n) is 4.77. The lowest BCUT2D eigenvalue weighted by Crippen LogP contribution is -2.28. The highest BCUT2D eigenvalue weighted by molar-refractivity contribution is 6.04. The van der Waals surface area contributed by atoms with Gasteiger partial charge >= 0.3 is 0 Å². The Morgan fingerprint density at radius 3 is 2.70 bits per heavy atom. The topological polar surface area (TPSA) is 133 Å². The lowest BCUT2D eigenvalue weighted by Gasteiger charge is -2.18. The number of nitrogens with one attached hydrogen (secondary N) is 1. The summed E-state index contributed by atoms with van der Waals surface area (Å²) in [7, 11) is 1.85. The number of amides is 1. The number of aryl methyl sites for hydroxylation is 1. The van der Waals surface area contributed by atoms with Crippen molar-refractivity contribution in [2.45, 2.75) is 13.0 Å². The molecule has 0 aliphatic heterocycles. The van der Waals surface area contributed by atoms with Gasteiger partial charge < -0.3 is 15.5 Å². The number of benzene rings is 2. The van der Waals surface area contributed by atoms with Gasteiger partial charge in [0.1, 0.15) is 16.9 Å². The third kappa shape index (κ3) is 4.41. The van der Waals surface area contributed by atoms with Crippen LogP contribution in [-0.2, 0) is 7.05 Å². The van der Waals surface area contributed by atoms with Crippen molar-refractivity contribution in [3.05, 3.63) is 112 Å². The molecule has 0 aliphatic carbocycles. The molecule has 40 heavy (non-hydrogen) atoms. The van der Waals surface area contributed by atoms with Crippen LogP contribution in [0, 0.1) is 0 Å². The van der Waals surface area contributed by atoms with Crippen molar-refractivity contribution >= 4 is 40.5 Å². The summed E-state index contributed by atoms with van der Waals surface area (Å²) in [5.74, 6) is -0.0984. The first-order valence-electron chi connectivity index (χ1n) is 12.6. The molecule has 0 radical (unpaired) electrons. The molecule has 2 aromatic carbocycles. The SMILES string of the molecule is CC(NC(=O)c1c(N)nn2cccnc12)c1oc2cccc(/C=C\c3cnn(C)c3)c2c(=O)c1-c1ccccc1. The van der Waals surface area contributed by atoms with Gasteiger partial charge in [-0.1, -0.05) is 54.6 Å². The summed E-state index contributed by atoms with van der Waals surface area (Å²) in [5, 5.41) is 11.7. The molecule has 0 fully saturated rings. The predicted molar refractivity (Wildman–Crippen MR) is 153 cm³/mol. The summed E-state index contributed by atoms with van der Waals surface area (Å²) in [5.41, 5.74) is 9.41. The molecule has 6 rings (SSSR count). The highest BCUT2D eigenvalue weighted by Crippen LogP contribution is 2.31. The summed E-state index contributed by atoms with van der Waals surface area (Å²) in [6.45, 7) is 1.76. The number of carbonyl (C=O) groups is 1. The van der Waals surface area contributed by atoms with Crippen LogP contribution in [0.5, 0.6) is 0 Å². The Balaban J connectivity index is 1.46. The van der Waals surface area contributed by atoms with Gasteiger partial charge in [-0.05, 0) is 30.2 Å². The van der Waals surface area contributed by atoms with E-state index in [1.807, 2.05) is 67.9 Å². The summed E-state index contributed by atoms with van der Waals surface area (Å²) in [6.07, 6.45) is 10.6. The van der Waals surface area contributed by atoms with Gasteiger partial charge in [0.15, 0.2) is 11.5 Å². The van der Waals surface area contributed by atoms with Crippen LogP contribution in [0.25, 0.3) is 39.9 Å². The summed E-state index contributed by atoms with van der Waals surface area (Å²) in [6, 6.07) is 15.7. The molecule has 4 heterocycles. The average Bonchev–Trinajstić information content (AvgIpc) is 3.53. The average molecular weight is 532 g/mol. The van der Waals surface area contributed by atoms with E-state index in [1.165, 1.54) is 4.52 Å². The number of hydrogen-bond acceptors (Lipinski definition) is 7. The minimum Gasteiger partial charge on any atom is -0.458 e. The first-order valence-corrected chi connectivity index (χ1v) is 12.6. The van der Waals surface area contributed by atoms with Crippen LogP contribution in [0.2, 0.25) is 0 Å². The van der Waals surface area contributed by atoms with Crippen molar-refractivity contribution in [3.63, 3.8) is 0 Å². The normalized spacial score (nSPS) is 12.3. The molecule has 198 valence electrons. The Morgan fingerprint density at radius 2 is 1.93 bits per heavy atom. The van der Waals surface area contributed by atoms with E-state index >= 15 is 0 Å². The van der Waals surface area contributed by atoms with Gasteiger partial charge in [-0.3, -0.25) is 14.3 Å². The second-order valence-electron chi connectivity index (χ2n) is 9.38. The number of nitrogens with zero attached hydrogens (tertiary/aromatic N) is 5. The number of carbonyl (C=O) groups excluding carboxylic acids is 1. The van der Waals surface area contributed by atoms with Gasteiger partial charge in [0, 0.05) is 31.2 Å². The fourth-order valence-corrected chi connectivity index (χ4v) is 4.77. The minimum atomic E-state index is -0.688. The van der Waals surface area contributed by atoms with E-state index in [0.29, 0.717) is 39.1 Å². The zero-order valence-corrected chi connectivity index (χ0v) is 21.8. The van der Waals surface area contributed by atoms with Gasteiger partial charge in [0.2, 0.25) is 5.43 Å². The van der Waals surface area contributed by atoms with Crippen molar-refractivity contribution in [3.8, 4) is 11.1 Å². The quantitative estimate of drug-likeness (QED) is 0.324. The van der Waals surface area contributed by atoms with Crippen molar-refractivity contribution in [2.24, 2.45) is 7.05 Å². The van der Waals surface area contributed by atoms with Crippen LogP contribution < -0.4 is 16.5 Å². The van der Waals surface area contributed by atoms with E-state index in [0.717, 1.165) is 5.56 Å². The second kappa shape index (κ2) is 9.99.